The first kappa shape index (κ1) is 13.0. The Morgan fingerprint density at radius 2 is 2.10 bits per heavy atom. The normalized spacial score (nSPS) is 23.8. The van der Waals surface area contributed by atoms with Crippen LogP contribution in [0.2, 0.25) is 0 Å². The number of nitrogens with zero attached hydrogens (tertiary/aromatic N) is 1. The minimum absolute atomic E-state index is 0.00312. The van der Waals surface area contributed by atoms with Crippen molar-refractivity contribution in [2.45, 2.75) is 31.6 Å². The van der Waals surface area contributed by atoms with Gasteiger partial charge in [-0.05, 0) is 30.5 Å². The molecule has 1 aliphatic carbocycles. The molecule has 3 aliphatic rings. The van der Waals surface area contributed by atoms with Crippen LogP contribution in [0.25, 0.3) is 0 Å². The van der Waals surface area contributed by atoms with Crippen molar-refractivity contribution in [2.24, 2.45) is 0 Å². The van der Waals surface area contributed by atoms with Crippen LogP contribution >= 0.6 is 0 Å². The van der Waals surface area contributed by atoms with Gasteiger partial charge in [0.05, 0.1) is 13.2 Å². The number of rotatable bonds is 3. The fourth-order valence-corrected chi connectivity index (χ4v) is 2.40. The van der Waals surface area contributed by atoms with E-state index in [0.717, 1.165) is 24.2 Å². The molecule has 1 fully saturated rings. The second-order valence-electron chi connectivity index (χ2n) is 4.90. The van der Waals surface area contributed by atoms with Crippen molar-refractivity contribution in [1.29, 1.82) is 0 Å². The van der Waals surface area contributed by atoms with Crippen LogP contribution in [0.3, 0.4) is 0 Å². The summed E-state index contributed by atoms with van der Waals surface area (Å²) in [6, 6.07) is 7.42. The highest BCUT2D eigenvalue weighted by molar-refractivity contribution is 5.67. The SMILES string of the molecule is COc1ccc(COC(=O)N2OC3C=CC2CC3)cc1. The van der Waals surface area contributed by atoms with Crippen LogP contribution in [0.5, 0.6) is 5.75 Å². The maximum Gasteiger partial charge on any atom is 0.434 e. The van der Waals surface area contributed by atoms with Crippen molar-refractivity contribution >= 4 is 6.09 Å². The standard InChI is InChI=1S/C15H17NO4/c1-18-13-6-2-11(3-7-13)10-19-15(17)16-12-4-8-14(20-16)9-5-12/h2-4,6-8,12,14H,5,9-10H2,1H3. The fraction of sp³-hybridized carbons (Fsp3) is 0.400. The third kappa shape index (κ3) is 2.63. The monoisotopic (exact) mass is 275 g/mol. The van der Waals surface area contributed by atoms with E-state index in [1.165, 1.54) is 5.06 Å². The number of hydroxylamine groups is 2. The zero-order valence-corrected chi connectivity index (χ0v) is 11.3. The van der Waals surface area contributed by atoms with Crippen molar-refractivity contribution in [2.75, 3.05) is 7.11 Å². The second-order valence-corrected chi connectivity index (χ2v) is 4.90. The number of carbonyl (C=O) groups excluding carboxylic acids is 1. The summed E-state index contributed by atoms with van der Waals surface area (Å²) >= 11 is 0. The van der Waals surface area contributed by atoms with Gasteiger partial charge in [-0.2, -0.15) is 5.06 Å². The van der Waals surface area contributed by atoms with Crippen molar-refractivity contribution in [1.82, 2.24) is 5.06 Å². The van der Waals surface area contributed by atoms with E-state index in [4.69, 9.17) is 14.3 Å². The lowest BCUT2D eigenvalue weighted by Gasteiger charge is -2.39. The van der Waals surface area contributed by atoms with Crippen LogP contribution in [-0.2, 0) is 16.2 Å². The van der Waals surface area contributed by atoms with Crippen LogP contribution in [0.15, 0.2) is 36.4 Å². The van der Waals surface area contributed by atoms with Gasteiger partial charge in [0.2, 0.25) is 0 Å². The lowest BCUT2D eigenvalue weighted by Crippen LogP contribution is -2.48. The Labute approximate surface area is 117 Å². The van der Waals surface area contributed by atoms with Crippen LogP contribution in [0.4, 0.5) is 4.79 Å². The molecule has 1 aromatic carbocycles. The zero-order valence-electron chi connectivity index (χ0n) is 11.3. The molecule has 20 heavy (non-hydrogen) atoms. The number of methoxy groups -OCH3 is 1. The summed E-state index contributed by atoms with van der Waals surface area (Å²) in [5.41, 5.74) is 0.914. The molecule has 2 bridgehead atoms. The maximum atomic E-state index is 12.0. The Bertz CT molecular complexity index is 511. The van der Waals surface area contributed by atoms with Gasteiger partial charge in [0, 0.05) is 0 Å². The Morgan fingerprint density at radius 1 is 1.30 bits per heavy atom. The number of ether oxygens (including phenoxy) is 2. The Hall–Kier alpha value is -2.01. The average molecular weight is 275 g/mol. The van der Waals surface area contributed by atoms with E-state index < -0.39 is 6.09 Å². The number of hydrogen-bond donors (Lipinski definition) is 0. The van der Waals surface area contributed by atoms with Gasteiger partial charge in [-0.25, -0.2) is 4.79 Å². The van der Waals surface area contributed by atoms with E-state index in [0.29, 0.717) is 0 Å². The Kier molecular flexibility index (Phi) is 3.60. The highest BCUT2D eigenvalue weighted by Gasteiger charge is 2.35. The summed E-state index contributed by atoms with van der Waals surface area (Å²) in [4.78, 5) is 17.5. The lowest BCUT2D eigenvalue weighted by molar-refractivity contribution is -0.209. The minimum atomic E-state index is -0.431. The predicted octanol–water partition coefficient (Wildman–Crippen LogP) is 2.67. The average Bonchev–Trinajstić information content (AvgIpc) is 2.54. The molecule has 1 aromatic rings. The summed E-state index contributed by atoms with van der Waals surface area (Å²) in [5, 5.41) is 1.34. The summed E-state index contributed by atoms with van der Waals surface area (Å²) in [6.45, 7) is 0.226. The first-order chi connectivity index (χ1) is 9.76. The molecule has 2 unspecified atom stereocenters. The van der Waals surface area contributed by atoms with Crippen LogP contribution < -0.4 is 4.74 Å². The molecule has 2 heterocycles. The molecule has 5 heteroatoms. The van der Waals surface area contributed by atoms with E-state index in [1.807, 2.05) is 36.4 Å². The van der Waals surface area contributed by atoms with Crippen molar-refractivity contribution in [3.8, 4) is 5.75 Å². The van der Waals surface area contributed by atoms with Gasteiger partial charge in [0.1, 0.15) is 18.5 Å². The van der Waals surface area contributed by atoms with Crippen LogP contribution in [-0.4, -0.2) is 30.4 Å². The molecule has 0 N–H and O–H groups in total. The molecule has 2 atom stereocenters. The van der Waals surface area contributed by atoms with Crippen LogP contribution in [0, 0.1) is 0 Å². The smallest absolute Gasteiger partial charge is 0.434 e. The highest BCUT2D eigenvalue weighted by Crippen LogP contribution is 2.28. The van der Waals surface area contributed by atoms with Gasteiger partial charge < -0.3 is 9.47 Å². The number of hydrogen-bond acceptors (Lipinski definition) is 4. The highest BCUT2D eigenvalue weighted by atomic mass is 16.7. The summed E-state index contributed by atoms with van der Waals surface area (Å²) < 4.78 is 10.4. The maximum absolute atomic E-state index is 12.0. The van der Waals surface area contributed by atoms with Gasteiger partial charge in [-0.1, -0.05) is 24.3 Å². The van der Waals surface area contributed by atoms with Crippen molar-refractivity contribution < 1.29 is 19.1 Å². The topological polar surface area (TPSA) is 48.0 Å². The summed E-state index contributed by atoms with van der Waals surface area (Å²) in [6.07, 6.45) is 5.48. The third-order valence-corrected chi connectivity index (χ3v) is 3.55. The lowest BCUT2D eigenvalue weighted by atomic mass is 9.99. The third-order valence-electron chi connectivity index (χ3n) is 3.55. The molecule has 0 radical (unpaired) electrons. The van der Waals surface area contributed by atoms with Crippen molar-refractivity contribution in [3.05, 3.63) is 42.0 Å². The Balaban J connectivity index is 1.55. The van der Waals surface area contributed by atoms with Crippen molar-refractivity contribution in [3.63, 3.8) is 0 Å². The zero-order chi connectivity index (χ0) is 13.9. The first-order valence-corrected chi connectivity index (χ1v) is 6.70. The molecule has 4 rings (SSSR count). The van der Waals surface area contributed by atoms with E-state index >= 15 is 0 Å². The molecule has 0 spiro atoms. The van der Waals surface area contributed by atoms with E-state index in [9.17, 15) is 4.79 Å². The largest absolute Gasteiger partial charge is 0.497 e. The van der Waals surface area contributed by atoms with Gasteiger partial charge >= 0.3 is 6.09 Å². The van der Waals surface area contributed by atoms with Gasteiger partial charge in [-0.15, -0.1) is 0 Å². The predicted molar refractivity (Wildman–Crippen MR) is 72.1 cm³/mol. The van der Waals surface area contributed by atoms with E-state index in [1.54, 1.807) is 7.11 Å². The number of amides is 1. The van der Waals surface area contributed by atoms with Gasteiger partial charge in [-0.3, -0.25) is 4.84 Å². The molecule has 5 nitrogen and oxygen atoms in total. The fourth-order valence-electron chi connectivity index (χ4n) is 2.40. The van der Waals surface area contributed by atoms with E-state index in [-0.39, 0.29) is 18.8 Å². The number of carbonyl (C=O) groups is 1. The molecule has 0 aromatic heterocycles. The summed E-state index contributed by atoms with van der Waals surface area (Å²) in [5.74, 6) is 0.780. The molecular weight excluding hydrogens is 258 g/mol. The first-order valence-electron chi connectivity index (χ1n) is 6.70. The molecule has 0 saturated carbocycles. The molecule has 1 saturated heterocycles. The number of benzene rings is 1. The number of fused-ring (bicyclic) bond motifs is 2. The minimum Gasteiger partial charge on any atom is -0.497 e. The van der Waals surface area contributed by atoms with Crippen LogP contribution in [0.1, 0.15) is 18.4 Å². The Morgan fingerprint density at radius 3 is 2.65 bits per heavy atom. The second kappa shape index (κ2) is 5.54. The van der Waals surface area contributed by atoms with E-state index in [2.05, 4.69) is 0 Å². The quantitative estimate of drug-likeness (QED) is 0.796. The van der Waals surface area contributed by atoms with Gasteiger partial charge in [0.15, 0.2) is 0 Å². The van der Waals surface area contributed by atoms with Gasteiger partial charge in [0.25, 0.3) is 0 Å². The molecule has 106 valence electrons. The molecular formula is C15H17NO4. The summed E-state index contributed by atoms with van der Waals surface area (Å²) in [7, 11) is 1.62. The molecule has 2 aliphatic heterocycles. The molecule has 1 amide bonds.